The first-order valence-corrected chi connectivity index (χ1v) is 10.7. The topological polar surface area (TPSA) is 109 Å². The second-order valence-electron chi connectivity index (χ2n) is 7.85. The van der Waals surface area contributed by atoms with Crippen LogP contribution in [0.2, 0.25) is 0 Å². The molecule has 1 saturated heterocycles. The number of carbonyl (C=O) groups excluding carboxylic acids is 2. The summed E-state index contributed by atoms with van der Waals surface area (Å²) < 4.78 is 0. The molecule has 0 saturated carbocycles. The zero-order chi connectivity index (χ0) is 21.1. The van der Waals surface area contributed by atoms with E-state index in [1.165, 1.54) is 4.90 Å². The fourth-order valence-corrected chi connectivity index (χ4v) is 4.25. The minimum absolute atomic E-state index is 0. The molecule has 7 nitrogen and oxygen atoms in total. The summed E-state index contributed by atoms with van der Waals surface area (Å²) in [6.07, 6.45) is -0.484. The van der Waals surface area contributed by atoms with Gasteiger partial charge in [-0.25, -0.2) is 4.98 Å². The molecule has 30 heavy (non-hydrogen) atoms. The second kappa shape index (κ2) is 10.3. The Hall–Kier alpha value is -2.00. The van der Waals surface area contributed by atoms with E-state index in [1.54, 1.807) is 11.3 Å². The molecule has 3 atom stereocenters. The average Bonchev–Trinajstić information content (AvgIpc) is 3.30. The molecule has 1 aliphatic rings. The van der Waals surface area contributed by atoms with Gasteiger partial charge >= 0.3 is 0 Å². The van der Waals surface area contributed by atoms with Crippen molar-refractivity contribution in [3.05, 3.63) is 41.0 Å². The highest BCUT2D eigenvalue weighted by Gasteiger charge is 2.40. The molecular formula is C21H29ClN4O3S. The van der Waals surface area contributed by atoms with Gasteiger partial charge in [-0.3, -0.25) is 9.59 Å². The third kappa shape index (κ3) is 5.37. The average molecular weight is 453 g/mol. The molecule has 2 heterocycles. The van der Waals surface area contributed by atoms with Crippen molar-refractivity contribution in [2.24, 2.45) is 11.7 Å². The number of β-amino-alcohol motifs (C(OH)–C–C–N with tert-alkyl or cyclic N) is 1. The fourth-order valence-electron chi connectivity index (χ4n) is 3.44. The fraction of sp³-hybridized carbons (Fsp3) is 0.476. The van der Waals surface area contributed by atoms with Crippen molar-refractivity contribution in [1.29, 1.82) is 0 Å². The van der Waals surface area contributed by atoms with E-state index in [0.29, 0.717) is 6.54 Å². The Balaban J connectivity index is 0.00000320. The van der Waals surface area contributed by atoms with Crippen LogP contribution in [-0.4, -0.2) is 51.5 Å². The number of aryl methyl sites for hydroxylation is 1. The predicted octanol–water partition coefficient (Wildman–Crippen LogP) is 2.10. The Kier molecular flexibility index (Phi) is 8.37. The van der Waals surface area contributed by atoms with Crippen LogP contribution in [0.4, 0.5) is 0 Å². The summed E-state index contributed by atoms with van der Waals surface area (Å²) in [5.74, 6) is -0.598. The number of carbonyl (C=O) groups is 2. The predicted molar refractivity (Wildman–Crippen MR) is 120 cm³/mol. The summed E-state index contributed by atoms with van der Waals surface area (Å²) in [6.45, 7) is 6.20. The number of nitrogens with two attached hydrogens (primary N) is 1. The van der Waals surface area contributed by atoms with Crippen LogP contribution in [0.15, 0.2) is 29.8 Å². The van der Waals surface area contributed by atoms with Gasteiger partial charge in [0.25, 0.3) is 0 Å². The second-order valence-corrected chi connectivity index (χ2v) is 8.70. The largest absolute Gasteiger partial charge is 0.391 e. The van der Waals surface area contributed by atoms with Crippen LogP contribution < -0.4 is 11.1 Å². The van der Waals surface area contributed by atoms with E-state index in [4.69, 9.17) is 5.73 Å². The third-order valence-corrected chi connectivity index (χ3v) is 6.27. The van der Waals surface area contributed by atoms with Gasteiger partial charge in [-0.05, 0) is 24.0 Å². The minimum Gasteiger partial charge on any atom is -0.391 e. The number of aliphatic hydroxyl groups is 1. The first kappa shape index (κ1) is 24.3. The SMILES string of the molecule is Cc1ncsc1-c1ccc(CNC(=O)[C@@H]2C[C@@H](O)CN2C(=O)C(N)C(C)C)cc1.Cl. The zero-order valence-corrected chi connectivity index (χ0v) is 19.0. The number of thiazole rings is 1. The maximum absolute atomic E-state index is 12.7. The highest BCUT2D eigenvalue weighted by atomic mass is 35.5. The Bertz CT molecular complexity index is 871. The third-order valence-electron chi connectivity index (χ3n) is 5.30. The van der Waals surface area contributed by atoms with Crippen LogP contribution in [0, 0.1) is 12.8 Å². The number of rotatable bonds is 6. The Morgan fingerprint density at radius 1 is 1.33 bits per heavy atom. The highest BCUT2D eigenvalue weighted by Crippen LogP contribution is 2.27. The van der Waals surface area contributed by atoms with E-state index < -0.39 is 18.2 Å². The van der Waals surface area contributed by atoms with Crippen molar-refractivity contribution in [1.82, 2.24) is 15.2 Å². The molecule has 2 amide bonds. The number of nitrogens with zero attached hydrogens (tertiary/aromatic N) is 2. The van der Waals surface area contributed by atoms with Gasteiger partial charge in [-0.2, -0.15) is 0 Å². The minimum atomic E-state index is -0.712. The molecular weight excluding hydrogens is 424 g/mol. The van der Waals surface area contributed by atoms with E-state index in [2.05, 4.69) is 10.3 Å². The van der Waals surface area contributed by atoms with Gasteiger partial charge in [0, 0.05) is 19.5 Å². The number of halogens is 1. The number of hydrogen-bond acceptors (Lipinski definition) is 6. The standard InChI is InChI=1S/C21H28N4O3S.ClH/c1-12(2)18(22)21(28)25-10-16(26)8-17(25)20(27)23-9-14-4-6-15(7-5-14)19-13(3)24-11-29-19;/h4-7,11-12,16-18,26H,8-10,22H2,1-3H3,(H,23,27);1H/t16-,17+,18?;/m1./s1. The van der Waals surface area contributed by atoms with Gasteiger partial charge in [0.15, 0.2) is 0 Å². The summed E-state index contributed by atoms with van der Waals surface area (Å²) >= 11 is 1.60. The van der Waals surface area contributed by atoms with Gasteiger partial charge in [0.05, 0.1) is 28.2 Å². The summed E-state index contributed by atoms with van der Waals surface area (Å²) in [5, 5.41) is 12.9. The van der Waals surface area contributed by atoms with Gasteiger partial charge in [0.2, 0.25) is 11.8 Å². The Morgan fingerprint density at radius 2 is 2.00 bits per heavy atom. The van der Waals surface area contributed by atoms with Crippen molar-refractivity contribution in [3.8, 4) is 10.4 Å². The summed E-state index contributed by atoms with van der Waals surface area (Å²) in [6, 6.07) is 6.59. The lowest BCUT2D eigenvalue weighted by molar-refractivity contribution is -0.140. The smallest absolute Gasteiger partial charge is 0.243 e. The first-order chi connectivity index (χ1) is 13.8. The van der Waals surface area contributed by atoms with Crippen molar-refractivity contribution < 1.29 is 14.7 Å². The quantitative estimate of drug-likeness (QED) is 0.622. The molecule has 4 N–H and O–H groups in total. The molecule has 3 rings (SSSR count). The Labute approximate surface area is 187 Å². The van der Waals surface area contributed by atoms with Crippen molar-refractivity contribution >= 4 is 35.6 Å². The molecule has 164 valence electrons. The number of amides is 2. The van der Waals surface area contributed by atoms with E-state index in [0.717, 1.165) is 21.7 Å². The number of aromatic nitrogens is 1. The number of hydrogen-bond donors (Lipinski definition) is 3. The molecule has 0 radical (unpaired) electrons. The molecule has 1 unspecified atom stereocenters. The number of nitrogens with one attached hydrogen (secondary N) is 1. The van der Waals surface area contributed by atoms with E-state index >= 15 is 0 Å². The van der Waals surface area contributed by atoms with Crippen LogP contribution in [-0.2, 0) is 16.1 Å². The summed E-state index contributed by atoms with van der Waals surface area (Å²) in [7, 11) is 0. The van der Waals surface area contributed by atoms with E-state index in [1.807, 2.05) is 50.5 Å². The molecule has 2 aromatic rings. The van der Waals surface area contributed by atoms with Crippen LogP contribution in [0.25, 0.3) is 10.4 Å². The van der Waals surface area contributed by atoms with Gasteiger partial charge in [-0.15, -0.1) is 23.7 Å². The van der Waals surface area contributed by atoms with Crippen molar-refractivity contribution in [2.75, 3.05) is 6.54 Å². The normalized spacial score (nSPS) is 19.5. The first-order valence-electron chi connectivity index (χ1n) is 9.79. The number of aliphatic hydroxyl groups excluding tert-OH is 1. The molecule has 0 aliphatic carbocycles. The lowest BCUT2D eigenvalue weighted by Gasteiger charge is -2.27. The number of likely N-dealkylation sites (tertiary alicyclic amines) is 1. The molecule has 1 aromatic heterocycles. The van der Waals surface area contributed by atoms with Crippen LogP contribution in [0.3, 0.4) is 0 Å². The molecule has 0 bridgehead atoms. The molecule has 1 fully saturated rings. The van der Waals surface area contributed by atoms with Gasteiger partial charge in [-0.1, -0.05) is 38.1 Å². The summed E-state index contributed by atoms with van der Waals surface area (Å²) in [4.78, 5) is 32.1. The van der Waals surface area contributed by atoms with E-state index in [-0.39, 0.29) is 43.1 Å². The van der Waals surface area contributed by atoms with Crippen molar-refractivity contribution in [3.63, 3.8) is 0 Å². The molecule has 9 heteroatoms. The van der Waals surface area contributed by atoms with Crippen LogP contribution in [0.1, 0.15) is 31.5 Å². The monoisotopic (exact) mass is 452 g/mol. The van der Waals surface area contributed by atoms with Gasteiger partial charge in [0.1, 0.15) is 6.04 Å². The van der Waals surface area contributed by atoms with Gasteiger partial charge < -0.3 is 21.1 Å². The van der Waals surface area contributed by atoms with Crippen LogP contribution in [0.5, 0.6) is 0 Å². The lowest BCUT2D eigenvalue weighted by Crippen LogP contribution is -2.52. The van der Waals surface area contributed by atoms with Crippen molar-refractivity contribution in [2.45, 2.75) is 51.9 Å². The molecule has 1 aromatic carbocycles. The number of benzene rings is 1. The van der Waals surface area contributed by atoms with E-state index in [9.17, 15) is 14.7 Å². The zero-order valence-electron chi connectivity index (χ0n) is 17.4. The maximum atomic E-state index is 12.7. The molecule has 0 spiro atoms. The highest BCUT2D eigenvalue weighted by molar-refractivity contribution is 7.13. The lowest BCUT2D eigenvalue weighted by atomic mass is 10.0. The Morgan fingerprint density at radius 3 is 2.57 bits per heavy atom. The van der Waals surface area contributed by atoms with Crippen LogP contribution >= 0.6 is 23.7 Å². The molecule has 1 aliphatic heterocycles. The maximum Gasteiger partial charge on any atom is 0.243 e. The summed E-state index contributed by atoms with van der Waals surface area (Å²) in [5.41, 5.74) is 10.8.